The van der Waals surface area contributed by atoms with Gasteiger partial charge in [0, 0.05) is 19.6 Å². The lowest BCUT2D eigenvalue weighted by molar-refractivity contribution is -0.139. The lowest BCUT2D eigenvalue weighted by atomic mass is 9.76. The van der Waals surface area contributed by atoms with Gasteiger partial charge in [0.2, 0.25) is 0 Å². The summed E-state index contributed by atoms with van der Waals surface area (Å²) in [5.41, 5.74) is -0.170. The number of hydrogen-bond donors (Lipinski definition) is 2. The van der Waals surface area contributed by atoms with Gasteiger partial charge >= 0.3 is 5.97 Å². The highest BCUT2D eigenvalue weighted by Crippen LogP contribution is 2.39. The second kappa shape index (κ2) is 6.09. The van der Waals surface area contributed by atoms with Crippen molar-refractivity contribution < 1.29 is 19.1 Å². The first-order valence-electron chi connectivity index (χ1n) is 7.61. The number of piperidine rings is 1. The summed E-state index contributed by atoms with van der Waals surface area (Å²) in [6, 6.07) is 3.68. The van der Waals surface area contributed by atoms with Crippen LogP contribution in [0.4, 0.5) is 4.39 Å². The highest BCUT2D eigenvalue weighted by molar-refractivity contribution is 6.33. The van der Waals surface area contributed by atoms with E-state index >= 15 is 0 Å². The van der Waals surface area contributed by atoms with Crippen LogP contribution in [0.15, 0.2) is 18.2 Å². The molecule has 2 aliphatic heterocycles. The molecule has 124 valence electrons. The van der Waals surface area contributed by atoms with Crippen molar-refractivity contribution in [3.63, 3.8) is 0 Å². The number of nitrogens with one attached hydrogen (secondary N) is 1. The quantitative estimate of drug-likeness (QED) is 0.865. The van der Waals surface area contributed by atoms with E-state index in [9.17, 15) is 14.0 Å². The zero-order chi connectivity index (χ0) is 16.6. The summed E-state index contributed by atoms with van der Waals surface area (Å²) in [5.74, 6) is -1.85. The number of hydrogen-bond acceptors (Lipinski definition) is 3. The third-order valence-corrected chi connectivity index (χ3v) is 5.26. The van der Waals surface area contributed by atoms with Crippen LogP contribution in [0.5, 0.6) is 0 Å². The van der Waals surface area contributed by atoms with Crippen LogP contribution in [0.2, 0.25) is 5.02 Å². The number of carboxylic acid groups (broad SMARTS) is 1. The topological polar surface area (TPSA) is 69.6 Å². The average Bonchev–Trinajstić information content (AvgIpc) is 2.92. The molecule has 1 aromatic carbocycles. The van der Waals surface area contributed by atoms with E-state index in [1.54, 1.807) is 4.90 Å². The molecular weight excluding hydrogens is 323 g/mol. The van der Waals surface area contributed by atoms with E-state index in [2.05, 4.69) is 5.32 Å². The van der Waals surface area contributed by atoms with Gasteiger partial charge in [-0.1, -0.05) is 17.7 Å². The molecule has 1 aromatic rings. The van der Waals surface area contributed by atoms with Crippen molar-refractivity contribution in [1.29, 1.82) is 0 Å². The fourth-order valence-corrected chi connectivity index (χ4v) is 3.76. The number of carboxylic acids is 1. The van der Waals surface area contributed by atoms with Crippen LogP contribution in [-0.4, -0.2) is 47.6 Å². The molecule has 0 aromatic heterocycles. The molecular formula is C16H18ClFN2O3. The van der Waals surface area contributed by atoms with Crippen LogP contribution in [0, 0.1) is 11.2 Å². The number of rotatable bonds is 2. The Bertz CT molecular complexity index is 624. The summed E-state index contributed by atoms with van der Waals surface area (Å²) in [4.78, 5) is 25.2. The molecule has 1 amide bonds. The summed E-state index contributed by atoms with van der Waals surface area (Å²) in [6.07, 6.45) is 1.99. The molecule has 2 saturated heterocycles. The highest BCUT2D eigenvalue weighted by Gasteiger charge is 2.44. The number of carbonyl (C=O) groups excluding carboxylic acids is 1. The van der Waals surface area contributed by atoms with E-state index in [-0.39, 0.29) is 16.0 Å². The summed E-state index contributed by atoms with van der Waals surface area (Å²) in [7, 11) is 0. The lowest BCUT2D eigenvalue weighted by Crippen LogP contribution is -2.44. The smallest absolute Gasteiger partial charge is 0.320 e. The molecule has 7 heteroatoms. The van der Waals surface area contributed by atoms with Crippen LogP contribution in [0.25, 0.3) is 0 Å². The third-order valence-electron chi connectivity index (χ3n) is 4.95. The van der Waals surface area contributed by atoms with E-state index in [0.29, 0.717) is 38.9 Å². The maximum Gasteiger partial charge on any atom is 0.320 e. The fraction of sp³-hybridized carbons (Fsp3) is 0.500. The SMILES string of the molecule is O=C(O)[C@@H]1CC2(CCN(C(=O)c3c(F)cccc3Cl)CC2)CN1. The Morgan fingerprint density at radius 1 is 1.35 bits per heavy atom. The van der Waals surface area contributed by atoms with Gasteiger partial charge in [-0.05, 0) is 36.8 Å². The van der Waals surface area contributed by atoms with E-state index in [0.717, 1.165) is 0 Å². The number of likely N-dealkylation sites (tertiary alicyclic amines) is 1. The number of halogens is 2. The van der Waals surface area contributed by atoms with Crippen molar-refractivity contribution in [3.05, 3.63) is 34.6 Å². The van der Waals surface area contributed by atoms with Crippen molar-refractivity contribution in [3.8, 4) is 0 Å². The van der Waals surface area contributed by atoms with Crippen LogP contribution in [-0.2, 0) is 4.79 Å². The molecule has 0 saturated carbocycles. The number of amides is 1. The number of benzene rings is 1. The number of carbonyl (C=O) groups is 2. The zero-order valence-electron chi connectivity index (χ0n) is 12.5. The van der Waals surface area contributed by atoms with Crippen molar-refractivity contribution in [2.75, 3.05) is 19.6 Å². The summed E-state index contributed by atoms with van der Waals surface area (Å²) < 4.78 is 13.9. The van der Waals surface area contributed by atoms with Crippen molar-refractivity contribution in [1.82, 2.24) is 10.2 Å². The number of nitrogens with zero attached hydrogens (tertiary/aromatic N) is 1. The molecule has 3 rings (SSSR count). The van der Waals surface area contributed by atoms with E-state index < -0.39 is 23.7 Å². The Morgan fingerprint density at radius 3 is 2.61 bits per heavy atom. The molecule has 1 spiro atoms. The molecule has 0 aliphatic carbocycles. The molecule has 5 nitrogen and oxygen atoms in total. The number of aliphatic carboxylic acids is 1. The Morgan fingerprint density at radius 2 is 2.04 bits per heavy atom. The van der Waals surface area contributed by atoms with E-state index in [1.807, 2.05) is 0 Å². The zero-order valence-corrected chi connectivity index (χ0v) is 13.3. The molecule has 2 aliphatic rings. The molecule has 2 heterocycles. The minimum atomic E-state index is -0.835. The predicted octanol–water partition coefficient (Wildman–Crippen LogP) is 2.15. The lowest BCUT2D eigenvalue weighted by Gasteiger charge is -2.39. The van der Waals surface area contributed by atoms with Gasteiger partial charge in [-0.3, -0.25) is 9.59 Å². The molecule has 0 unspecified atom stereocenters. The normalized spacial score (nSPS) is 23.2. The van der Waals surface area contributed by atoms with Crippen LogP contribution in [0.3, 0.4) is 0 Å². The largest absolute Gasteiger partial charge is 0.480 e. The van der Waals surface area contributed by atoms with Crippen molar-refractivity contribution >= 4 is 23.5 Å². The molecule has 2 fully saturated rings. The van der Waals surface area contributed by atoms with Crippen LogP contribution >= 0.6 is 11.6 Å². The Kier molecular flexibility index (Phi) is 4.29. The maximum absolute atomic E-state index is 13.9. The summed E-state index contributed by atoms with van der Waals surface area (Å²) >= 11 is 5.96. The fourth-order valence-electron chi connectivity index (χ4n) is 3.52. The minimum Gasteiger partial charge on any atom is -0.480 e. The summed E-state index contributed by atoms with van der Waals surface area (Å²) in [5, 5.41) is 12.2. The first kappa shape index (κ1) is 16.2. The van der Waals surface area contributed by atoms with Gasteiger partial charge in [0.05, 0.1) is 10.6 Å². The average molecular weight is 341 g/mol. The Balaban J connectivity index is 1.68. The molecule has 1 atom stereocenters. The van der Waals surface area contributed by atoms with Gasteiger partial charge in [-0.25, -0.2) is 4.39 Å². The summed E-state index contributed by atoms with van der Waals surface area (Å²) in [6.45, 7) is 1.61. The van der Waals surface area contributed by atoms with Crippen LogP contribution in [0.1, 0.15) is 29.6 Å². The third kappa shape index (κ3) is 3.05. The van der Waals surface area contributed by atoms with Gasteiger partial charge in [0.1, 0.15) is 11.9 Å². The first-order chi connectivity index (χ1) is 10.9. The second-order valence-electron chi connectivity index (χ2n) is 6.36. The standard InChI is InChI=1S/C16H18ClFN2O3/c17-10-2-1-3-11(18)13(10)14(21)20-6-4-16(5-7-20)8-12(15(22)23)19-9-16/h1-3,12,19H,4-9H2,(H,22,23)/t12-/m0/s1. The van der Waals surface area contributed by atoms with E-state index in [1.165, 1.54) is 18.2 Å². The highest BCUT2D eigenvalue weighted by atomic mass is 35.5. The van der Waals surface area contributed by atoms with Crippen molar-refractivity contribution in [2.45, 2.75) is 25.3 Å². The van der Waals surface area contributed by atoms with Crippen LogP contribution < -0.4 is 5.32 Å². The maximum atomic E-state index is 13.9. The van der Waals surface area contributed by atoms with Gasteiger partial charge in [-0.2, -0.15) is 0 Å². The van der Waals surface area contributed by atoms with Gasteiger partial charge in [0.25, 0.3) is 5.91 Å². The monoisotopic (exact) mass is 340 g/mol. The molecule has 0 radical (unpaired) electrons. The minimum absolute atomic E-state index is 0.0845. The van der Waals surface area contributed by atoms with E-state index in [4.69, 9.17) is 16.7 Å². The first-order valence-corrected chi connectivity index (χ1v) is 7.99. The second-order valence-corrected chi connectivity index (χ2v) is 6.77. The molecule has 2 N–H and O–H groups in total. The van der Waals surface area contributed by atoms with Gasteiger partial charge in [-0.15, -0.1) is 0 Å². The predicted molar refractivity (Wildman–Crippen MR) is 83.0 cm³/mol. The Labute approximate surface area is 138 Å². The van der Waals surface area contributed by atoms with Crippen molar-refractivity contribution in [2.24, 2.45) is 5.41 Å². The van der Waals surface area contributed by atoms with Gasteiger partial charge in [0.15, 0.2) is 0 Å². The molecule has 23 heavy (non-hydrogen) atoms. The molecule has 0 bridgehead atoms. The van der Waals surface area contributed by atoms with Gasteiger partial charge < -0.3 is 15.3 Å². The Hall–Kier alpha value is -1.66.